The summed E-state index contributed by atoms with van der Waals surface area (Å²) in [6.07, 6.45) is 7.36. The van der Waals surface area contributed by atoms with E-state index in [1.165, 1.54) is 25.7 Å². The van der Waals surface area contributed by atoms with Crippen molar-refractivity contribution in [2.45, 2.75) is 58.9 Å². The molecule has 1 aliphatic rings. The Morgan fingerprint density at radius 3 is 2.78 bits per heavy atom. The number of rotatable bonds is 8. The van der Waals surface area contributed by atoms with Crippen LogP contribution in [0.2, 0.25) is 5.15 Å². The van der Waals surface area contributed by atoms with E-state index in [-0.39, 0.29) is 0 Å². The third-order valence-corrected chi connectivity index (χ3v) is 4.37. The molecule has 102 valence electrons. The molecule has 1 aromatic rings. The van der Waals surface area contributed by atoms with Crippen molar-refractivity contribution in [3.8, 4) is 0 Å². The number of unbranched alkanes of at least 4 members (excludes halogenated alkanes) is 1. The SMILES string of the molecule is CCCCc1nc(Cl)c(CNCC2(CC)CC2)[nH]1. The number of imidazole rings is 1. The Hall–Kier alpha value is -0.540. The average molecular weight is 270 g/mol. The topological polar surface area (TPSA) is 40.7 Å². The lowest BCUT2D eigenvalue weighted by Gasteiger charge is -2.12. The standard InChI is InChI=1S/C14H24ClN3/c1-3-5-6-12-17-11(13(15)18-12)9-16-10-14(4-2)7-8-14/h16H,3-10H2,1-2H3,(H,17,18). The fourth-order valence-corrected chi connectivity index (χ4v) is 2.52. The summed E-state index contributed by atoms with van der Waals surface area (Å²) < 4.78 is 0. The van der Waals surface area contributed by atoms with Crippen LogP contribution in [0.1, 0.15) is 57.5 Å². The number of nitrogens with one attached hydrogen (secondary N) is 2. The summed E-state index contributed by atoms with van der Waals surface area (Å²) in [6, 6.07) is 0. The van der Waals surface area contributed by atoms with E-state index in [1.807, 2.05) is 0 Å². The van der Waals surface area contributed by atoms with Crippen LogP contribution in [-0.4, -0.2) is 16.5 Å². The smallest absolute Gasteiger partial charge is 0.151 e. The second-order valence-electron chi connectivity index (χ2n) is 5.51. The maximum absolute atomic E-state index is 6.14. The van der Waals surface area contributed by atoms with Gasteiger partial charge in [-0.1, -0.05) is 31.9 Å². The largest absolute Gasteiger partial charge is 0.344 e. The van der Waals surface area contributed by atoms with Gasteiger partial charge in [0.2, 0.25) is 0 Å². The molecule has 0 radical (unpaired) electrons. The monoisotopic (exact) mass is 269 g/mol. The van der Waals surface area contributed by atoms with E-state index in [1.54, 1.807) is 0 Å². The van der Waals surface area contributed by atoms with Crippen LogP contribution in [0.25, 0.3) is 0 Å². The fourth-order valence-electron chi connectivity index (χ4n) is 2.30. The van der Waals surface area contributed by atoms with Gasteiger partial charge in [0.05, 0.1) is 5.69 Å². The Kier molecular flexibility index (Phi) is 4.68. The van der Waals surface area contributed by atoms with Gasteiger partial charge in [-0.05, 0) is 31.1 Å². The van der Waals surface area contributed by atoms with E-state index >= 15 is 0 Å². The van der Waals surface area contributed by atoms with Gasteiger partial charge in [0.25, 0.3) is 0 Å². The first-order valence-corrected chi connectivity index (χ1v) is 7.51. The van der Waals surface area contributed by atoms with E-state index in [0.717, 1.165) is 37.4 Å². The second kappa shape index (κ2) is 6.07. The Morgan fingerprint density at radius 2 is 2.17 bits per heavy atom. The Balaban J connectivity index is 1.79. The van der Waals surface area contributed by atoms with Crippen LogP contribution in [0, 0.1) is 5.41 Å². The van der Waals surface area contributed by atoms with Crippen molar-refractivity contribution in [3.63, 3.8) is 0 Å². The van der Waals surface area contributed by atoms with Gasteiger partial charge < -0.3 is 10.3 Å². The summed E-state index contributed by atoms with van der Waals surface area (Å²) in [7, 11) is 0. The highest BCUT2D eigenvalue weighted by Crippen LogP contribution is 2.47. The normalized spacial score (nSPS) is 17.1. The predicted octanol–water partition coefficient (Wildman–Crippen LogP) is 3.69. The lowest BCUT2D eigenvalue weighted by Crippen LogP contribution is -2.23. The van der Waals surface area contributed by atoms with Crippen LogP contribution >= 0.6 is 11.6 Å². The maximum Gasteiger partial charge on any atom is 0.151 e. The van der Waals surface area contributed by atoms with E-state index in [4.69, 9.17) is 11.6 Å². The first-order chi connectivity index (χ1) is 8.69. The Morgan fingerprint density at radius 1 is 1.39 bits per heavy atom. The van der Waals surface area contributed by atoms with E-state index < -0.39 is 0 Å². The van der Waals surface area contributed by atoms with Crippen LogP contribution in [-0.2, 0) is 13.0 Å². The van der Waals surface area contributed by atoms with Gasteiger partial charge in [0.15, 0.2) is 5.15 Å². The summed E-state index contributed by atoms with van der Waals surface area (Å²) in [5, 5.41) is 4.14. The molecule has 2 rings (SSSR count). The molecule has 0 aliphatic heterocycles. The molecule has 1 heterocycles. The van der Waals surface area contributed by atoms with Crippen molar-refractivity contribution in [2.24, 2.45) is 5.41 Å². The first kappa shape index (κ1) is 13.9. The molecule has 2 N–H and O–H groups in total. The number of hydrogen-bond donors (Lipinski definition) is 2. The zero-order chi connectivity index (χ0) is 13.0. The van der Waals surface area contributed by atoms with E-state index in [9.17, 15) is 0 Å². The molecule has 1 aliphatic carbocycles. The summed E-state index contributed by atoms with van der Waals surface area (Å²) >= 11 is 6.14. The van der Waals surface area contributed by atoms with Crippen molar-refractivity contribution in [1.82, 2.24) is 15.3 Å². The van der Waals surface area contributed by atoms with E-state index in [2.05, 4.69) is 29.1 Å². The van der Waals surface area contributed by atoms with Gasteiger partial charge in [-0.3, -0.25) is 0 Å². The second-order valence-corrected chi connectivity index (χ2v) is 5.87. The fraction of sp³-hybridized carbons (Fsp3) is 0.786. The summed E-state index contributed by atoms with van der Waals surface area (Å²) in [4.78, 5) is 7.70. The van der Waals surface area contributed by atoms with Crippen molar-refractivity contribution in [2.75, 3.05) is 6.54 Å². The minimum Gasteiger partial charge on any atom is -0.344 e. The molecule has 4 heteroatoms. The predicted molar refractivity (Wildman–Crippen MR) is 75.9 cm³/mol. The highest BCUT2D eigenvalue weighted by molar-refractivity contribution is 6.30. The van der Waals surface area contributed by atoms with Gasteiger partial charge in [-0.15, -0.1) is 0 Å². The molecule has 0 unspecified atom stereocenters. The van der Waals surface area contributed by atoms with Gasteiger partial charge in [0, 0.05) is 19.5 Å². The lowest BCUT2D eigenvalue weighted by molar-refractivity contribution is 0.442. The molecule has 0 saturated heterocycles. The number of H-pyrrole nitrogens is 1. The van der Waals surface area contributed by atoms with Crippen molar-refractivity contribution in [1.29, 1.82) is 0 Å². The molecular formula is C14H24ClN3. The number of aryl methyl sites for hydroxylation is 1. The molecule has 0 bridgehead atoms. The average Bonchev–Trinajstić information content (AvgIpc) is 3.06. The van der Waals surface area contributed by atoms with Crippen molar-refractivity contribution >= 4 is 11.6 Å². The summed E-state index contributed by atoms with van der Waals surface area (Å²) in [5.41, 5.74) is 1.62. The third-order valence-electron chi connectivity index (χ3n) is 4.05. The van der Waals surface area contributed by atoms with Crippen molar-refractivity contribution < 1.29 is 0 Å². The van der Waals surface area contributed by atoms with Crippen molar-refractivity contribution in [3.05, 3.63) is 16.7 Å². The van der Waals surface area contributed by atoms with E-state index in [0.29, 0.717) is 10.6 Å². The third kappa shape index (κ3) is 3.48. The number of hydrogen-bond acceptors (Lipinski definition) is 2. The molecule has 1 saturated carbocycles. The molecule has 1 fully saturated rings. The lowest BCUT2D eigenvalue weighted by atomic mass is 10.0. The maximum atomic E-state index is 6.14. The van der Waals surface area contributed by atoms with Gasteiger partial charge >= 0.3 is 0 Å². The molecular weight excluding hydrogens is 246 g/mol. The quantitative estimate of drug-likeness (QED) is 0.756. The zero-order valence-corrected chi connectivity index (χ0v) is 12.2. The van der Waals surface area contributed by atoms with Gasteiger partial charge in [-0.2, -0.15) is 0 Å². The molecule has 18 heavy (non-hydrogen) atoms. The zero-order valence-electron chi connectivity index (χ0n) is 11.5. The van der Waals surface area contributed by atoms with Crippen LogP contribution in [0.4, 0.5) is 0 Å². The van der Waals surface area contributed by atoms with Crippen LogP contribution in [0.15, 0.2) is 0 Å². The molecule has 0 atom stereocenters. The summed E-state index contributed by atoms with van der Waals surface area (Å²) in [5.74, 6) is 1.02. The first-order valence-electron chi connectivity index (χ1n) is 7.13. The van der Waals surface area contributed by atoms with Crippen LogP contribution < -0.4 is 5.32 Å². The van der Waals surface area contributed by atoms with Crippen LogP contribution in [0.5, 0.6) is 0 Å². The minimum absolute atomic E-state index is 0.581. The molecule has 0 amide bonds. The minimum atomic E-state index is 0.581. The van der Waals surface area contributed by atoms with Gasteiger partial charge in [-0.25, -0.2) is 4.98 Å². The van der Waals surface area contributed by atoms with Gasteiger partial charge in [0.1, 0.15) is 5.82 Å². The summed E-state index contributed by atoms with van der Waals surface area (Å²) in [6.45, 7) is 6.37. The van der Waals surface area contributed by atoms with Crippen LogP contribution in [0.3, 0.4) is 0 Å². The molecule has 3 nitrogen and oxygen atoms in total. The Labute approximate surface area is 115 Å². The molecule has 1 aromatic heterocycles. The molecule has 0 aromatic carbocycles. The number of nitrogens with zero attached hydrogens (tertiary/aromatic N) is 1. The number of halogens is 1. The highest BCUT2D eigenvalue weighted by Gasteiger charge is 2.39. The number of aromatic nitrogens is 2. The molecule has 0 spiro atoms. The Bertz CT molecular complexity index is 382. The highest BCUT2D eigenvalue weighted by atomic mass is 35.5. The number of aromatic amines is 1.